The number of hydrogen-bond acceptors (Lipinski definition) is 4. The molecule has 0 aliphatic rings. The van der Waals surface area contributed by atoms with Crippen LogP contribution in [0.15, 0.2) is 47.2 Å². The van der Waals surface area contributed by atoms with Crippen LogP contribution >= 0.6 is 23.2 Å². The number of carbonyl (C=O) groups is 1. The standard InChI is InChI=1S/C14H7Cl2NO3/c15-9-3-8(4-10(16)5-9)14(18)20-11-1-2-13-12(6-11)17-7-19-13/h1-7H. The average molecular weight is 308 g/mol. The van der Waals surface area contributed by atoms with Crippen molar-refractivity contribution >= 4 is 40.3 Å². The van der Waals surface area contributed by atoms with E-state index in [0.29, 0.717) is 26.9 Å². The Bertz CT molecular complexity index is 778. The summed E-state index contributed by atoms with van der Waals surface area (Å²) in [5.74, 6) is -0.176. The minimum atomic E-state index is -0.544. The lowest BCUT2D eigenvalue weighted by Gasteiger charge is -2.05. The third kappa shape index (κ3) is 2.61. The van der Waals surface area contributed by atoms with Gasteiger partial charge in [0.1, 0.15) is 11.3 Å². The number of fused-ring (bicyclic) bond motifs is 1. The summed E-state index contributed by atoms with van der Waals surface area (Å²) in [4.78, 5) is 16.0. The molecule has 0 radical (unpaired) electrons. The lowest BCUT2D eigenvalue weighted by Crippen LogP contribution is -2.08. The van der Waals surface area contributed by atoms with Crippen molar-refractivity contribution in [2.45, 2.75) is 0 Å². The van der Waals surface area contributed by atoms with Crippen molar-refractivity contribution in [2.24, 2.45) is 0 Å². The molecule has 0 atom stereocenters. The van der Waals surface area contributed by atoms with Gasteiger partial charge in [-0.2, -0.15) is 0 Å². The highest BCUT2D eigenvalue weighted by atomic mass is 35.5. The van der Waals surface area contributed by atoms with Crippen LogP contribution in [-0.4, -0.2) is 11.0 Å². The first-order chi connectivity index (χ1) is 9.61. The van der Waals surface area contributed by atoms with E-state index in [4.69, 9.17) is 32.4 Å². The fourth-order valence-electron chi connectivity index (χ4n) is 1.74. The molecule has 0 saturated carbocycles. The first-order valence-electron chi connectivity index (χ1n) is 5.63. The highest BCUT2D eigenvalue weighted by molar-refractivity contribution is 6.35. The summed E-state index contributed by atoms with van der Waals surface area (Å²) in [7, 11) is 0. The maximum absolute atomic E-state index is 12.0. The summed E-state index contributed by atoms with van der Waals surface area (Å²) < 4.78 is 10.4. The molecule has 0 unspecified atom stereocenters. The molecule has 2 aromatic carbocycles. The summed E-state index contributed by atoms with van der Waals surface area (Å²) in [6, 6.07) is 9.44. The molecule has 3 aromatic rings. The van der Waals surface area contributed by atoms with Gasteiger partial charge in [0.2, 0.25) is 0 Å². The van der Waals surface area contributed by atoms with Crippen molar-refractivity contribution in [3.05, 3.63) is 58.4 Å². The number of esters is 1. The van der Waals surface area contributed by atoms with Gasteiger partial charge in [0.15, 0.2) is 12.0 Å². The molecular weight excluding hydrogens is 301 g/mol. The van der Waals surface area contributed by atoms with Crippen LogP contribution in [0.5, 0.6) is 5.75 Å². The van der Waals surface area contributed by atoms with E-state index >= 15 is 0 Å². The van der Waals surface area contributed by atoms with Crippen LogP contribution in [0.4, 0.5) is 0 Å². The highest BCUT2D eigenvalue weighted by Gasteiger charge is 2.11. The predicted molar refractivity (Wildman–Crippen MR) is 75.4 cm³/mol. The molecule has 6 heteroatoms. The third-order valence-corrected chi connectivity index (χ3v) is 3.05. The summed E-state index contributed by atoms with van der Waals surface area (Å²) in [5, 5.41) is 0.743. The van der Waals surface area contributed by atoms with Crippen molar-refractivity contribution in [3.8, 4) is 5.75 Å². The Kier molecular flexibility index (Phi) is 3.34. The number of nitrogens with zero attached hydrogens (tertiary/aromatic N) is 1. The zero-order chi connectivity index (χ0) is 14.1. The average Bonchev–Trinajstić information content (AvgIpc) is 2.85. The Hall–Kier alpha value is -2.04. The van der Waals surface area contributed by atoms with Gasteiger partial charge in [-0.3, -0.25) is 0 Å². The molecule has 0 fully saturated rings. The first-order valence-corrected chi connectivity index (χ1v) is 6.39. The minimum Gasteiger partial charge on any atom is -0.443 e. The maximum Gasteiger partial charge on any atom is 0.343 e. The summed E-state index contributed by atoms with van der Waals surface area (Å²) in [5.41, 5.74) is 1.51. The second-order valence-corrected chi connectivity index (χ2v) is 4.90. The van der Waals surface area contributed by atoms with Crippen LogP contribution in [0.3, 0.4) is 0 Å². The topological polar surface area (TPSA) is 52.3 Å². The van der Waals surface area contributed by atoms with Gasteiger partial charge in [0, 0.05) is 16.1 Å². The van der Waals surface area contributed by atoms with E-state index in [9.17, 15) is 4.79 Å². The fraction of sp³-hybridized carbons (Fsp3) is 0. The normalized spacial score (nSPS) is 10.7. The SMILES string of the molecule is O=C(Oc1ccc2ocnc2c1)c1cc(Cl)cc(Cl)c1. The van der Waals surface area contributed by atoms with Crippen molar-refractivity contribution in [2.75, 3.05) is 0 Å². The number of benzene rings is 2. The van der Waals surface area contributed by atoms with Crippen LogP contribution in [0.2, 0.25) is 10.0 Å². The van der Waals surface area contributed by atoms with Crippen LogP contribution < -0.4 is 4.74 Å². The number of hydrogen-bond donors (Lipinski definition) is 0. The molecular formula is C14H7Cl2NO3. The molecule has 4 nitrogen and oxygen atoms in total. The molecule has 0 N–H and O–H groups in total. The largest absolute Gasteiger partial charge is 0.443 e. The number of halogens is 2. The highest BCUT2D eigenvalue weighted by Crippen LogP contribution is 2.23. The molecule has 0 amide bonds. The van der Waals surface area contributed by atoms with E-state index in [1.54, 1.807) is 24.3 Å². The minimum absolute atomic E-state index is 0.280. The molecule has 3 rings (SSSR count). The predicted octanol–water partition coefficient (Wildman–Crippen LogP) is 4.35. The van der Waals surface area contributed by atoms with Crippen molar-refractivity contribution in [1.82, 2.24) is 4.98 Å². The van der Waals surface area contributed by atoms with Crippen LogP contribution in [0.25, 0.3) is 11.1 Å². The summed E-state index contributed by atoms with van der Waals surface area (Å²) in [6.07, 6.45) is 1.33. The van der Waals surface area contributed by atoms with Crippen molar-refractivity contribution in [1.29, 1.82) is 0 Å². The Morgan fingerprint density at radius 2 is 1.85 bits per heavy atom. The zero-order valence-corrected chi connectivity index (χ0v) is 11.5. The van der Waals surface area contributed by atoms with Gasteiger partial charge in [0.05, 0.1) is 5.56 Å². The van der Waals surface area contributed by atoms with Gasteiger partial charge in [-0.05, 0) is 30.3 Å². The van der Waals surface area contributed by atoms with Crippen LogP contribution in [-0.2, 0) is 0 Å². The van der Waals surface area contributed by atoms with E-state index in [0.717, 1.165) is 0 Å². The first kappa shape index (κ1) is 13.0. The van der Waals surface area contributed by atoms with Gasteiger partial charge < -0.3 is 9.15 Å². The monoisotopic (exact) mass is 307 g/mol. The number of carbonyl (C=O) groups excluding carboxylic acids is 1. The molecule has 100 valence electrons. The third-order valence-electron chi connectivity index (χ3n) is 2.61. The van der Waals surface area contributed by atoms with E-state index in [1.807, 2.05) is 0 Å². The molecule has 1 aromatic heterocycles. The van der Waals surface area contributed by atoms with Gasteiger partial charge >= 0.3 is 5.97 Å². The van der Waals surface area contributed by atoms with Gasteiger partial charge in [-0.1, -0.05) is 23.2 Å². The molecule has 0 bridgehead atoms. The Labute approximate surface area is 123 Å². The second-order valence-electron chi connectivity index (χ2n) is 4.03. The lowest BCUT2D eigenvalue weighted by molar-refractivity contribution is 0.0735. The number of aromatic nitrogens is 1. The number of rotatable bonds is 2. The summed E-state index contributed by atoms with van der Waals surface area (Å²) >= 11 is 11.7. The van der Waals surface area contributed by atoms with Crippen LogP contribution in [0, 0.1) is 0 Å². The molecule has 0 saturated heterocycles. The van der Waals surface area contributed by atoms with Crippen molar-refractivity contribution < 1.29 is 13.9 Å². The number of ether oxygens (including phenoxy) is 1. The molecule has 0 aliphatic heterocycles. The Morgan fingerprint density at radius 3 is 2.60 bits per heavy atom. The van der Waals surface area contributed by atoms with E-state index in [-0.39, 0.29) is 5.56 Å². The Balaban J connectivity index is 1.87. The van der Waals surface area contributed by atoms with Crippen molar-refractivity contribution in [3.63, 3.8) is 0 Å². The zero-order valence-electron chi connectivity index (χ0n) is 9.97. The van der Waals surface area contributed by atoms with E-state index in [2.05, 4.69) is 4.98 Å². The summed E-state index contributed by atoms with van der Waals surface area (Å²) in [6.45, 7) is 0. The lowest BCUT2D eigenvalue weighted by atomic mass is 10.2. The van der Waals surface area contributed by atoms with E-state index < -0.39 is 5.97 Å². The Morgan fingerprint density at radius 1 is 1.10 bits per heavy atom. The van der Waals surface area contributed by atoms with Gasteiger partial charge in [0.25, 0.3) is 0 Å². The molecule has 0 spiro atoms. The molecule has 1 heterocycles. The molecule has 0 aliphatic carbocycles. The van der Waals surface area contributed by atoms with Gasteiger partial charge in [-0.15, -0.1) is 0 Å². The maximum atomic E-state index is 12.0. The van der Waals surface area contributed by atoms with Crippen LogP contribution in [0.1, 0.15) is 10.4 Å². The molecule has 20 heavy (non-hydrogen) atoms. The smallest absolute Gasteiger partial charge is 0.343 e. The van der Waals surface area contributed by atoms with Gasteiger partial charge in [-0.25, -0.2) is 9.78 Å². The second kappa shape index (κ2) is 5.15. The quantitative estimate of drug-likeness (QED) is 0.521. The number of oxazole rings is 1. The van der Waals surface area contributed by atoms with E-state index in [1.165, 1.54) is 18.5 Å². The fourth-order valence-corrected chi connectivity index (χ4v) is 2.26.